The third-order valence-electron chi connectivity index (χ3n) is 2.45. The van der Waals surface area contributed by atoms with Crippen molar-refractivity contribution in [2.24, 2.45) is 0 Å². The van der Waals surface area contributed by atoms with Gasteiger partial charge in [-0.3, -0.25) is 0 Å². The van der Waals surface area contributed by atoms with Crippen LogP contribution in [-0.4, -0.2) is 14.4 Å². The molecule has 0 aliphatic rings. The van der Waals surface area contributed by atoms with Crippen molar-refractivity contribution in [1.29, 1.82) is 0 Å². The number of urea groups is 1. The second-order valence-electron chi connectivity index (χ2n) is 4.18. The van der Waals surface area contributed by atoms with E-state index in [4.69, 9.17) is 34.8 Å². The maximum atomic E-state index is 12.0. The fourth-order valence-corrected chi connectivity index (χ4v) is 3.33. The number of carbonyl (C=O) groups is 1. The summed E-state index contributed by atoms with van der Waals surface area (Å²) in [5, 5.41) is 3.19. The van der Waals surface area contributed by atoms with E-state index in [1.54, 1.807) is 0 Å². The Morgan fingerprint density at radius 1 is 0.909 bits per heavy atom. The van der Waals surface area contributed by atoms with Crippen molar-refractivity contribution < 1.29 is 13.2 Å². The van der Waals surface area contributed by atoms with Crippen molar-refractivity contribution in [3.63, 3.8) is 0 Å². The normalized spacial score (nSPS) is 11.0. The number of amides is 2. The van der Waals surface area contributed by atoms with Crippen LogP contribution in [0.5, 0.6) is 0 Å². The Labute approximate surface area is 142 Å². The molecule has 116 valence electrons. The lowest BCUT2D eigenvalue weighted by atomic mass is 10.3. The summed E-state index contributed by atoms with van der Waals surface area (Å²) in [6, 6.07) is 8.93. The molecular weight excluding hydrogens is 371 g/mol. The first-order valence-electron chi connectivity index (χ1n) is 5.82. The molecule has 2 aromatic rings. The van der Waals surface area contributed by atoms with Gasteiger partial charge in [0.1, 0.15) is 0 Å². The Hall–Kier alpha value is -1.47. The van der Waals surface area contributed by atoms with E-state index in [1.165, 1.54) is 42.5 Å². The van der Waals surface area contributed by atoms with Crippen LogP contribution in [0.2, 0.25) is 15.1 Å². The summed E-state index contributed by atoms with van der Waals surface area (Å²) in [6.45, 7) is 0. The first kappa shape index (κ1) is 16.9. The highest BCUT2D eigenvalue weighted by atomic mass is 35.5. The predicted octanol–water partition coefficient (Wildman–Crippen LogP) is 4.16. The largest absolute Gasteiger partial charge is 0.333 e. The molecule has 0 heterocycles. The third kappa shape index (κ3) is 4.51. The van der Waals surface area contributed by atoms with Gasteiger partial charge in [0.15, 0.2) is 0 Å². The van der Waals surface area contributed by atoms with Crippen LogP contribution in [0.3, 0.4) is 0 Å². The molecule has 0 aromatic heterocycles. The van der Waals surface area contributed by atoms with Gasteiger partial charge in [-0.1, -0.05) is 40.9 Å². The van der Waals surface area contributed by atoms with Crippen LogP contribution in [0.25, 0.3) is 0 Å². The minimum Gasteiger partial charge on any atom is -0.307 e. The lowest BCUT2D eigenvalue weighted by molar-refractivity contribution is 0.256. The van der Waals surface area contributed by atoms with Gasteiger partial charge in [-0.05, 0) is 36.4 Å². The van der Waals surface area contributed by atoms with Crippen LogP contribution in [0.15, 0.2) is 47.4 Å². The van der Waals surface area contributed by atoms with Crippen molar-refractivity contribution in [1.82, 2.24) is 4.72 Å². The summed E-state index contributed by atoms with van der Waals surface area (Å²) in [4.78, 5) is 11.7. The van der Waals surface area contributed by atoms with E-state index < -0.39 is 16.1 Å². The predicted molar refractivity (Wildman–Crippen MR) is 87.3 cm³/mol. The molecule has 0 fully saturated rings. The molecule has 2 rings (SSSR count). The summed E-state index contributed by atoms with van der Waals surface area (Å²) < 4.78 is 25.9. The van der Waals surface area contributed by atoms with E-state index in [1.807, 2.05) is 4.72 Å². The van der Waals surface area contributed by atoms with Gasteiger partial charge in [0, 0.05) is 20.8 Å². The van der Waals surface area contributed by atoms with Crippen molar-refractivity contribution >= 4 is 56.5 Å². The van der Waals surface area contributed by atoms with Crippen LogP contribution in [0.1, 0.15) is 0 Å². The van der Waals surface area contributed by atoms with Gasteiger partial charge in [-0.2, -0.15) is 0 Å². The first-order chi connectivity index (χ1) is 10.3. The fraction of sp³-hybridized carbons (Fsp3) is 0. The monoisotopic (exact) mass is 378 g/mol. The molecule has 0 radical (unpaired) electrons. The van der Waals surface area contributed by atoms with Gasteiger partial charge in [0.2, 0.25) is 0 Å². The van der Waals surface area contributed by atoms with Crippen LogP contribution < -0.4 is 10.0 Å². The number of sulfonamides is 1. The lowest BCUT2D eigenvalue weighted by Crippen LogP contribution is -2.34. The van der Waals surface area contributed by atoms with Crippen molar-refractivity contribution in [2.45, 2.75) is 4.90 Å². The van der Waals surface area contributed by atoms with Crippen molar-refractivity contribution in [3.8, 4) is 0 Å². The number of halogens is 3. The number of hydrogen-bond acceptors (Lipinski definition) is 3. The molecule has 22 heavy (non-hydrogen) atoms. The Morgan fingerprint density at radius 3 is 2.14 bits per heavy atom. The number of hydrogen-bond donors (Lipinski definition) is 2. The van der Waals surface area contributed by atoms with E-state index in [9.17, 15) is 13.2 Å². The number of nitrogens with one attached hydrogen (secondary N) is 2. The minimum absolute atomic E-state index is 0.126. The van der Waals surface area contributed by atoms with E-state index in [-0.39, 0.29) is 15.6 Å². The molecule has 0 spiro atoms. The zero-order valence-electron chi connectivity index (χ0n) is 10.8. The number of carbonyl (C=O) groups excluding carboxylic acids is 1. The highest BCUT2D eigenvalue weighted by molar-refractivity contribution is 7.90. The second kappa shape index (κ2) is 6.75. The fourth-order valence-electron chi connectivity index (χ4n) is 1.60. The number of benzene rings is 2. The molecule has 0 aliphatic heterocycles. The van der Waals surface area contributed by atoms with Crippen LogP contribution in [0.4, 0.5) is 10.5 Å². The Bertz CT molecular complexity index is 805. The third-order valence-corrected chi connectivity index (χ3v) is 4.45. The SMILES string of the molecule is O=C(Nc1cc(Cl)cc(Cl)c1)NS(=O)(=O)c1cccc(Cl)c1. The molecule has 0 bridgehead atoms. The highest BCUT2D eigenvalue weighted by Crippen LogP contribution is 2.22. The minimum atomic E-state index is -4.03. The molecule has 9 heteroatoms. The molecule has 2 amide bonds. The zero-order chi connectivity index (χ0) is 16.3. The van der Waals surface area contributed by atoms with E-state index in [0.717, 1.165) is 0 Å². The lowest BCUT2D eigenvalue weighted by Gasteiger charge is -2.09. The highest BCUT2D eigenvalue weighted by Gasteiger charge is 2.18. The topological polar surface area (TPSA) is 75.3 Å². The van der Waals surface area contributed by atoms with E-state index in [2.05, 4.69) is 5.32 Å². The van der Waals surface area contributed by atoms with Crippen molar-refractivity contribution in [2.75, 3.05) is 5.32 Å². The van der Waals surface area contributed by atoms with Gasteiger partial charge < -0.3 is 5.32 Å². The Morgan fingerprint density at radius 2 is 1.55 bits per heavy atom. The van der Waals surface area contributed by atoms with E-state index >= 15 is 0 Å². The molecule has 0 unspecified atom stereocenters. The molecule has 5 nitrogen and oxygen atoms in total. The maximum absolute atomic E-state index is 12.0. The van der Waals surface area contributed by atoms with Crippen LogP contribution in [0, 0.1) is 0 Å². The molecule has 0 saturated heterocycles. The quantitative estimate of drug-likeness (QED) is 0.841. The zero-order valence-corrected chi connectivity index (χ0v) is 13.9. The average Bonchev–Trinajstić information content (AvgIpc) is 2.36. The first-order valence-corrected chi connectivity index (χ1v) is 8.43. The summed E-state index contributed by atoms with van der Waals surface area (Å²) in [5.74, 6) is 0. The molecule has 0 aliphatic carbocycles. The van der Waals surface area contributed by atoms with Gasteiger partial charge in [-0.25, -0.2) is 17.9 Å². The Balaban J connectivity index is 2.14. The summed E-state index contributed by atoms with van der Waals surface area (Å²) >= 11 is 17.3. The average molecular weight is 380 g/mol. The summed E-state index contributed by atoms with van der Waals surface area (Å²) in [5.41, 5.74) is 0.260. The molecule has 2 N–H and O–H groups in total. The number of anilines is 1. The Kier molecular flexibility index (Phi) is 5.18. The number of rotatable bonds is 3. The molecule has 0 saturated carbocycles. The van der Waals surface area contributed by atoms with Crippen molar-refractivity contribution in [3.05, 3.63) is 57.5 Å². The second-order valence-corrected chi connectivity index (χ2v) is 7.17. The molecular formula is C13H9Cl3N2O3S. The van der Waals surface area contributed by atoms with Crippen LogP contribution >= 0.6 is 34.8 Å². The van der Waals surface area contributed by atoms with Gasteiger partial charge in [0.05, 0.1) is 4.90 Å². The molecule has 0 atom stereocenters. The standard InChI is InChI=1S/C13H9Cl3N2O3S/c14-8-2-1-3-12(7-8)22(20,21)18-13(19)17-11-5-9(15)4-10(16)6-11/h1-7H,(H2,17,18,19). The maximum Gasteiger partial charge on any atom is 0.333 e. The van der Waals surface area contributed by atoms with Crippen LogP contribution in [-0.2, 0) is 10.0 Å². The summed E-state index contributed by atoms with van der Waals surface area (Å²) in [7, 11) is -4.03. The van der Waals surface area contributed by atoms with E-state index in [0.29, 0.717) is 10.0 Å². The smallest absolute Gasteiger partial charge is 0.307 e. The summed E-state index contributed by atoms with van der Waals surface area (Å²) in [6.07, 6.45) is 0. The van der Waals surface area contributed by atoms with Gasteiger partial charge in [-0.15, -0.1) is 0 Å². The molecule has 2 aromatic carbocycles. The van der Waals surface area contributed by atoms with Gasteiger partial charge in [0.25, 0.3) is 10.0 Å². The van der Waals surface area contributed by atoms with Gasteiger partial charge >= 0.3 is 6.03 Å².